The van der Waals surface area contributed by atoms with Gasteiger partial charge in [0.2, 0.25) is 0 Å². The monoisotopic (exact) mass is 269 g/mol. The van der Waals surface area contributed by atoms with Gasteiger partial charge < -0.3 is 0 Å². The molecule has 0 fully saturated rings. The lowest BCUT2D eigenvalue weighted by Crippen LogP contribution is -2.01. The van der Waals surface area contributed by atoms with Crippen LogP contribution < -0.4 is 0 Å². The lowest BCUT2D eigenvalue weighted by atomic mass is 10.2. The molecular formula is C7H5Cl2NO4S. The Labute approximate surface area is 95.2 Å². The molecule has 1 rings (SSSR count). The zero-order chi connectivity index (χ0) is 11.8. The number of nitro groups is 1. The van der Waals surface area contributed by atoms with Gasteiger partial charge in [-0.2, -0.15) is 0 Å². The van der Waals surface area contributed by atoms with Crippen molar-refractivity contribution in [3.63, 3.8) is 0 Å². The summed E-state index contributed by atoms with van der Waals surface area (Å²) in [6.07, 6.45) is 0. The van der Waals surface area contributed by atoms with E-state index in [0.29, 0.717) is 0 Å². The molecule has 0 bridgehead atoms. The number of nitrogens with zero attached hydrogens (tertiary/aromatic N) is 1. The first kappa shape index (κ1) is 12.2. The summed E-state index contributed by atoms with van der Waals surface area (Å²) in [7, 11) is 0.835. The molecule has 82 valence electrons. The Hall–Kier alpha value is -0.850. The van der Waals surface area contributed by atoms with Crippen LogP contribution in [0.5, 0.6) is 0 Å². The van der Waals surface area contributed by atoms with Crippen LogP contribution in [0, 0.1) is 17.0 Å². The second-order valence-electron chi connectivity index (χ2n) is 2.74. The SMILES string of the molecule is Cc1ccc(Cl)c(S(=O)(=O)Cl)c1[N+](=O)[O-]. The van der Waals surface area contributed by atoms with Crippen LogP contribution in [-0.2, 0) is 9.05 Å². The summed E-state index contributed by atoms with van der Waals surface area (Å²) < 4.78 is 22.2. The quantitative estimate of drug-likeness (QED) is 0.470. The molecule has 8 heteroatoms. The maximum Gasteiger partial charge on any atom is 0.293 e. The van der Waals surface area contributed by atoms with E-state index < -0.39 is 24.6 Å². The Balaban J connectivity index is 3.76. The third-order valence-corrected chi connectivity index (χ3v) is 3.50. The molecule has 0 N–H and O–H groups in total. The second-order valence-corrected chi connectivity index (χ2v) is 5.65. The molecule has 0 saturated heterocycles. The van der Waals surface area contributed by atoms with Crippen LogP contribution in [0.3, 0.4) is 0 Å². The van der Waals surface area contributed by atoms with Crippen molar-refractivity contribution < 1.29 is 13.3 Å². The highest BCUT2D eigenvalue weighted by Crippen LogP contribution is 2.35. The minimum Gasteiger partial charge on any atom is -0.258 e. The molecule has 0 aliphatic rings. The number of hydrogen-bond donors (Lipinski definition) is 0. The Kier molecular flexibility index (Phi) is 3.22. The molecule has 0 atom stereocenters. The highest BCUT2D eigenvalue weighted by atomic mass is 35.7. The normalized spacial score (nSPS) is 11.4. The summed E-state index contributed by atoms with van der Waals surface area (Å²) in [4.78, 5) is 9.19. The molecule has 0 heterocycles. The summed E-state index contributed by atoms with van der Waals surface area (Å²) in [5, 5.41) is 10.4. The Morgan fingerprint density at radius 1 is 1.40 bits per heavy atom. The number of hydrogen-bond acceptors (Lipinski definition) is 4. The van der Waals surface area contributed by atoms with E-state index in [2.05, 4.69) is 0 Å². The van der Waals surface area contributed by atoms with Crippen molar-refractivity contribution in [2.24, 2.45) is 0 Å². The zero-order valence-electron chi connectivity index (χ0n) is 7.40. The van der Waals surface area contributed by atoms with E-state index in [0.717, 1.165) is 0 Å². The van der Waals surface area contributed by atoms with Gasteiger partial charge in [0.1, 0.15) is 0 Å². The first-order valence-corrected chi connectivity index (χ1v) is 6.32. The van der Waals surface area contributed by atoms with E-state index in [1.807, 2.05) is 0 Å². The molecule has 15 heavy (non-hydrogen) atoms. The van der Waals surface area contributed by atoms with E-state index in [4.69, 9.17) is 22.3 Å². The van der Waals surface area contributed by atoms with Crippen LogP contribution in [0.15, 0.2) is 17.0 Å². The minimum absolute atomic E-state index is 0.184. The molecule has 0 amide bonds. The molecule has 0 saturated carbocycles. The molecule has 5 nitrogen and oxygen atoms in total. The van der Waals surface area contributed by atoms with Gasteiger partial charge in [-0.05, 0) is 13.0 Å². The summed E-state index contributed by atoms with van der Waals surface area (Å²) in [5.74, 6) is 0. The van der Waals surface area contributed by atoms with Crippen molar-refractivity contribution >= 4 is 37.0 Å². The van der Waals surface area contributed by atoms with Crippen LogP contribution in [0.1, 0.15) is 5.56 Å². The first-order valence-electron chi connectivity index (χ1n) is 3.63. The van der Waals surface area contributed by atoms with Crippen molar-refractivity contribution in [1.29, 1.82) is 0 Å². The molecule has 0 spiro atoms. The number of halogens is 2. The van der Waals surface area contributed by atoms with Gasteiger partial charge in [0, 0.05) is 16.2 Å². The first-order chi connectivity index (χ1) is 6.75. The fraction of sp³-hybridized carbons (Fsp3) is 0.143. The summed E-state index contributed by atoms with van der Waals surface area (Å²) >= 11 is 5.56. The van der Waals surface area contributed by atoms with E-state index in [-0.39, 0.29) is 10.6 Å². The average molecular weight is 270 g/mol. The highest BCUT2D eigenvalue weighted by Gasteiger charge is 2.29. The largest absolute Gasteiger partial charge is 0.293 e. The van der Waals surface area contributed by atoms with Gasteiger partial charge in [-0.3, -0.25) is 10.1 Å². The van der Waals surface area contributed by atoms with Crippen LogP contribution in [-0.4, -0.2) is 13.3 Å². The van der Waals surface area contributed by atoms with Gasteiger partial charge in [-0.25, -0.2) is 8.42 Å². The predicted molar refractivity (Wildman–Crippen MR) is 55.9 cm³/mol. The predicted octanol–water partition coefficient (Wildman–Crippen LogP) is 2.48. The maximum atomic E-state index is 11.1. The third kappa shape index (κ3) is 2.39. The van der Waals surface area contributed by atoms with Crippen LogP contribution in [0.2, 0.25) is 5.02 Å². The Bertz CT molecular complexity index is 526. The van der Waals surface area contributed by atoms with Gasteiger partial charge in [-0.1, -0.05) is 17.7 Å². The van der Waals surface area contributed by atoms with Gasteiger partial charge in [0.05, 0.1) is 9.95 Å². The number of aryl methyl sites for hydroxylation is 1. The lowest BCUT2D eigenvalue weighted by Gasteiger charge is -2.03. The molecule has 0 aliphatic carbocycles. The highest BCUT2D eigenvalue weighted by molar-refractivity contribution is 8.14. The summed E-state index contributed by atoms with van der Waals surface area (Å²) in [5.41, 5.74) is -0.402. The van der Waals surface area contributed by atoms with E-state index in [1.165, 1.54) is 19.1 Å². The molecular weight excluding hydrogens is 265 g/mol. The number of rotatable bonds is 2. The van der Waals surface area contributed by atoms with Crippen molar-refractivity contribution in [3.05, 3.63) is 32.8 Å². The van der Waals surface area contributed by atoms with Crippen molar-refractivity contribution in [1.82, 2.24) is 0 Å². The van der Waals surface area contributed by atoms with Crippen molar-refractivity contribution in [2.45, 2.75) is 11.8 Å². The van der Waals surface area contributed by atoms with Gasteiger partial charge in [0.15, 0.2) is 4.90 Å². The number of nitro benzene ring substituents is 1. The zero-order valence-corrected chi connectivity index (χ0v) is 9.73. The van der Waals surface area contributed by atoms with E-state index in [9.17, 15) is 18.5 Å². The average Bonchev–Trinajstić information content (AvgIpc) is 2.05. The molecule has 1 aromatic carbocycles. The molecule has 1 aromatic rings. The maximum absolute atomic E-state index is 11.1. The van der Waals surface area contributed by atoms with E-state index >= 15 is 0 Å². The second kappa shape index (κ2) is 3.96. The summed E-state index contributed by atoms with van der Waals surface area (Å²) in [6.45, 7) is 1.40. The molecule has 0 aliphatic heterocycles. The van der Waals surface area contributed by atoms with Crippen LogP contribution in [0.25, 0.3) is 0 Å². The van der Waals surface area contributed by atoms with E-state index in [1.54, 1.807) is 0 Å². The fourth-order valence-corrected chi connectivity index (χ4v) is 2.92. The fourth-order valence-electron chi connectivity index (χ4n) is 1.10. The van der Waals surface area contributed by atoms with Gasteiger partial charge in [0.25, 0.3) is 14.7 Å². The molecule has 0 aromatic heterocycles. The molecule has 0 unspecified atom stereocenters. The summed E-state index contributed by atoms with van der Waals surface area (Å²) in [6, 6.07) is 2.60. The Morgan fingerprint density at radius 2 is 1.93 bits per heavy atom. The minimum atomic E-state index is -4.23. The lowest BCUT2D eigenvalue weighted by molar-refractivity contribution is -0.388. The van der Waals surface area contributed by atoms with Crippen molar-refractivity contribution in [2.75, 3.05) is 0 Å². The van der Waals surface area contributed by atoms with Crippen molar-refractivity contribution in [3.8, 4) is 0 Å². The van der Waals surface area contributed by atoms with Gasteiger partial charge in [-0.15, -0.1) is 0 Å². The van der Waals surface area contributed by atoms with Gasteiger partial charge >= 0.3 is 0 Å². The van der Waals surface area contributed by atoms with Crippen LogP contribution in [0.4, 0.5) is 5.69 Å². The topological polar surface area (TPSA) is 77.3 Å². The van der Waals surface area contributed by atoms with Crippen LogP contribution >= 0.6 is 22.3 Å². The number of benzene rings is 1. The third-order valence-electron chi connectivity index (χ3n) is 1.71. The standard InChI is InChI=1S/C7H5Cl2NO4S/c1-4-2-3-5(8)7(15(9,13)14)6(4)10(11)12/h2-3H,1H3. The Morgan fingerprint density at radius 3 is 2.27 bits per heavy atom. The smallest absolute Gasteiger partial charge is 0.258 e. The molecule has 0 radical (unpaired) electrons.